The molecule has 0 aliphatic carbocycles. The Morgan fingerprint density at radius 3 is 2.80 bits per heavy atom. The zero-order valence-corrected chi connectivity index (χ0v) is 13.5. The Balaban J connectivity index is 2.12. The van der Waals surface area contributed by atoms with E-state index in [1.54, 1.807) is 0 Å². The standard InChI is InChI=1S/C17H24N2S/c1-4-9-18-12-15-11-14(2)7-8-17(15)19(3)13-16-6-5-10-20-16/h5-8,10-11,18H,4,9,12-13H2,1-3H3. The monoisotopic (exact) mass is 288 g/mol. The van der Waals surface area contributed by atoms with E-state index in [4.69, 9.17) is 0 Å². The highest BCUT2D eigenvalue weighted by atomic mass is 32.1. The third kappa shape index (κ3) is 4.09. The minimum Gasteiger partial charge on any atom is -0.369 e. The summed E-state index contributed by atoms with van der Waals surface area (Å²) in [6.07, 6.45) is 1.17. The van der Waals surface area contributed by atoms with Crippen LogP contribution in [-0.2, 0) is 13.1 Å². The average molecular weight is 288 g/mol. The molecule has 3 heteroatoms. The molecule has 0 aliphatic rings. The first-order valence-corrected chi connectivity index (χ1v) is 8.12. The fraction of sp³-hybridized carbons (Fsp3) is 0.412. The third-order valence-electron chi connectivity index (χ3n) is 3.36. The van der Waals surface area contributed by atoms with Gasteiger partial charge in [0.05, 0.1) is 6.54 Å². The fourth-order valence-electron chi connectivity index (χ4n) is 2.35. The maximum Gasteiger partial charge on any atom is 0.0519 e. The van der Waals surface area contributed by atoms with Crippen LogP contribution in [0.5, 0.6) is 0 Å². The molecule has 1 aromatic carbocycles. The van der Waals surface area contributed by atoms with E-state index in [1.807, 2.05) is 11.3 Å². The molecule has 0 bridgehead atoms. The van der Waals surface area contributed by atoms with Crippen molar-refractivity contribution in [2.75, 3.05) is 18.5 Å². The lowest BCUT2D eigenvalue weighted by Crippen LogP contribution is -2.20. The van der Waals surface area contributed by atoms with Crippen LogP contribution < -0.4 is 10.2 Å². The number of hydrogen-bond donors (Lipinski definition) is 1. The second kappa shape index (κ2) is 7.46. The van der Waals surface area contributed by atoms with Crippen LogP contribution in [0.2, 0.25) is 0 Å². The van der Waals surface area contributed by atoms with Gasteiger partial charge in [-0.2, -0.15) is 0 Å². The van der Waals surface area contributed by atoms with E-state index in [0.29, 0.717) is 0 Å². The Bertz CT molecular complexity index is 520. The summed E-state index contributed by atoms with van der Waals surface area (Å²) in [4.78, 5) is 3.74. The second-order valence-electron chi connectivity index (χ2n) is 5.24. The molecule has 2 aromatic rings. The third-order valence-corrected chi connectivity index (χ3v) is 4.22. The van der Waals surface area contributed by atoms with Gasteiger partial charge in [0.1, 0.15) is 0 Å². The summed E-state index contributed by atoms with van der Waals surface area (Å²) < 4.78 is 0. The summed E-state index contributed by atoms with van der Waals surface area (Å²) in [5.41, 5.74) is 4.04. The number of anilines is 1. The molecule has 0 saturated heterocycles. The van der Waals surface area contributed by atoms with Crippen molar-refractivity contribution in [3.63, 3.8) is 0 Å². The molecule has 0 amide bonds. The van der Waals surface area contributed by atoms with Crippen LogP contribution in [0.1, 0.15) is 29.3 Å². The molecular weight excluding hydrogens is 264 g/mol. The molecule has 2 rings (SSSR count). The Labute approximate surface area is 126 Å². The zero-order valence-electron chi connectivity index (χ0n) is 12.6. The molecule has 0 spiro atoms. The van der Waals surface area contributed by atoms with E-state index in [1.165, 1.54) is 28.1 Å². The van der Waals surface area contributed by atoms with Gasteiger partial charge in [-0.1, -0.05) is 30.7 Å². The number of hydrogen-bond acceptors (Lipinski definition) is 3. The second-order valence-corrected chi connectivity index (χ2v) is 6.28. The highest BCUT2D eigenvalue weighted by molar-refractivity contribution is 7.09. The van der Waals surface area contributed by atoms with Gasteiger partial charge < -0.3 is 10.2 Å². The largest absolute Gasteiger partial charge is 0.369 e. The van der Waals surface area contributed by atoms with E-state index >= 15 is 0 Å². The lowest BCUT2D eigenvalue weighted by atomic mass is 10.1. The highest BCUT2D eigenvalue weighted by Crippen LogP contribution is 2.23. The van der Waals surface area contributed by atoms with E-state index in [9.17, 15) is 0 Å². The fourth-order valence-corrected chi connectivity index (χ4v) is 3.11. The number of benzene rings is 1. The van der Waals surface area contributed by atoms with Gasteiger partial charge in [0.25, 0.3) is 0 Å². The predicted molar refractivity (Wildman–Crippen MR) is 89.6 cm³/mol. The van der Waals surface area contributed by atoms with Gasteiger partial charge in [-0.15, -0.1) is 11.3 Å². The highest BCUT2D eigenvalue weighted by Gasteiger charge is 2.08. The van der Waals surface area contributed by atoms with Crippen molar-refractivity contribution in [1.29, 1.82) is 0 Å². The summed E-state index contributed by atoms with van der Waals surface area (Å²) in [6, 6.07) is 11.1. The number of aryl methyl sites for hydroxylation is 1. The molecule has 0 fully saturated rings. The summed E-state index contributed by atoms with van der Waals surface area (Å²) in [5, 5.41) is 5.65. The molecule has 108 valence electrons. The van der Waals surface area contributed by atoms with Crippen molar-refractivity contribution in [3.05, 3.63) is 51.7 Å². The summed E-state index contributed by atoms with van der Waals surface area (Å²) in [6.45, 7) is 7.35. The Morgan fingerprint density at radius 2 is 2.10 bits per heavy atom. The molecule has 0 radical (unpaired) electrons. The first-order chi connectivity index (χ1) is 9.70. The topological polar surface area (TPSA) is 15.3 Å². The molecule has 20 heavy (non-hydrogen) atoms. The van der Waals surface area contributed by atoms with E-state index < -0.39 is 0 Å². The van der Waals surface area contributed by atoms with Crippen LogP contribution in [0.25, 0.3) is 0 Å². The van der Waals surface area contributed by atoms with Crippen LogP contribution in [0.4, 0.5) is 5.69 Å². The first kappa shape index (κ1) is 15.1. The van der Waals surface area contributed by atoms with Gasteiger partial charge >= 0.3 is 0 Å². The summed E-state index contributed by atoms with van der Waals surface area (Å²) in [7, 11) is 2.17. The maximum atomic E-state index is 3.51. The molecule has 1 N–H and O–H groups in total. The van der Waals surface area contributed by atoms with Crippen LogP contribution in [-0.4, -0.2) is 13.6 Å². The van der Waals surface area contributed by atoms with E-state index in [0.717, 1.165) is 19.6 Å². The first-order valence-electron chi connectivity index (χ1n) is 7.24. The molecule has 1 heterocycles. The Hall–Kier alpha value is -1.32. The van der Waals surface area contributed by atoms with Crippen molar-refractivity contribution in [3.8, 4) is 0 Å². The minimum atomic E-state index is 0.944. The van der Waals surface area contributed by atoms with E-state index in [2.05, 4.69) is 66.8 Å². The quantitative estimate of drug-likeness (QED) is 0.768. The molecule has 0 atom stereocenters. The molecule has 0 aliphatic heterocycles. The minimum absolute atomic E-state index is 0.944. The molecule has 2 nitrogen and oxygen atoms in total. The summed E-state index contributed by atoms with van der Waals surface area (Å²) in [5.74, 6) is 0. The lowest BCUT2D eigenvalue weighted by molar-refractivity contribution is 0.673. The van der Waals surface area contributed by atoms with Crippen LogP contribution >= 0.6 is 11.3 Å². The van der Waals surface area contributed by atoms with Crippen LogP contribution in [0, 0.1) is 6.92 Å². The molecule has 1 aromatic heterocycles. The number of rotatable bonds is 7. The number of thiophene rings is 1. The van der Waals surface area contributed by atoms with Crippen molar-refractivity contribution in [2.24, 2.45) is 0 Å². The molecular formula is C17H24N2S. The summed E-state index contributed by atoms with van der Waals surface area (Å²) >= 11 is 1.82. The SMILES string of the molecule is CCCNCc1cc(C)ccc1N(C)Cc1cccs1. The Morgan fingerprint density at radius 1 is 1.25 bits per heavy atom. The van der Waals surface area contributed by atoms with E-state index in [-0.39, 0.29) is 0 Å². The molecule has 0 unspecified atom stereocenters. The predicted octanol–water partition coefficient (Wildman–Crippen LogP) is 4.19. The normalized spacial score (nSPS) is 10.8. The number of nitrogens with one attached hydrogen (secondary N) is 1. The van der Waals surface area contributed by atoms with Gasteiger partial charge in [-0.05, 0) is 43.0 Å². The van der Waals surface area contributed by atoms with Gasteiger partial charge in [0.15, 0.2) is 0 Å². The van der Waals surface area contributed by atoms with Crippen molar-refractivity contribution in [1.82, 2.24) is 5.32 Å². The molecule has 0 saturated carbocycles. The Kier molecular flexibility index (Phi) is 5.62. The van der Waals surface area contributed by atoms with Crippen LogP contribution in [0.3, 0.4) is 0 Å². The van der Waals surface area contributed by atoms with Gasteiger partial charge in [-0.3, -0.25) is 0 Å². The smallest absolute Gasteiger partial charge is 0.0519 e. The van der Waals surface area contributed by atoms with Crippen molar-refractivity contribution in [2.45, 2.75) is 33.4 Å². The average Bonchev–Trinajstić information content (AvgIpc) is 2.92. The van der Waals surface area contributed by atoms with Crippen molar-refractivity contribution < 1.29 is 0 Å². The maximum absolute atomic E-state index is 3.51. The van der Waals surface area contributed by atoms with Crippen LogP contribution in [0.15, 0.2) is 35.7 Å². The zero-order chi connectivity index (χ0) is 14.4. The van der Waals surface area contributed by atoms with Gasteiger partial charge in [0.2, 0.25) is 0 Å². The number of nitrogens with zero attached hydrogens (tertiary/aromatic N) is 1. The van der Waals surface area contributed by atoms with Gasteiger partial charge in [0, 0.05) is 24.2 Å². The van der Waals surface area contributed by atoms with Gasteiger partial charge in [-0.25, -0.2) is 0 Å². The van der Waals surface area contributed by atoms with Crippen molar-refractivity contribution >= 4 is 17.0 Å². The lowest BCUT2D eigenvalue weighted by Gasteiger charge is -2.22.